The maximum absolute atomic E-state index is 11.8. The van der Waals surface area contributed by atoms with E-state index in [-0.39, 0.29) is 30.8 Å². The minimum absolute atomic E-state index is 0. The van der Waals surface area contributed by atoms with Crippen LogP contribution in [0.4, 0.5) is 0 Å². The molecule has 0 fully saturated rings. The number of nitrogens with one attached hydrogen (secondary N) is 1. The average molecular weight is 356 g/mol. The van der Waals surface area contributed by atoms with E-state index < -0.39 is 12.1 Å². The first-order valence-electron chi connectivity index (χ1n) is 6.52. The third kappa shape index (κ3) is 6.41. The van der Waals surface area contributed by atoms with Crippen LogP contribution in [0.15, 0.2) is 18.2 Å². The van der Waals surface area contributed by atoms with Gasteiger partial charge in [-0.1, -0.05) is 43.5 Å². The van der Waals surface area contributed by atoms with Gasteiger partial charge in [0.15, 0.2) is 0 Å². The molecule has 0 radical (unpaired) electrons. The van der Waals surface area contributed by atoms with Gasteiger partial charge in [-0.3, -0.25) is 4.79 Å². The summed E-state index contributed by atoms with van der Waals surface area (Å²) in [5, 5.41) is 13.5. The summed E-state index contributed by atoms with van der Waals surface area (Å²) in [6.45, 7) is 3.96. The number of amides is 1. The lowest BCUT2D eigenvalue weighted by Gasteiger charge is -2.19. The van der Waals surface area contributed by atoms with Crippen molar-refractivity contribution in [3.8, 4) is 0 Å². The number of hydrogen-bond acceptors (Lipinski definition) is 3. The largest absolute Gasteiger partial charge is 0.387 e. The highest BCUT2D eigenvalue weighted by atomic mass is 35.5. The molecule has 0 heterocycles. The van der Waals surface area contributed by atoms with E-state index in [1.165, 1.54) is 0 Å². The van der Waals surface area contributed by atoms with Crippen LogP contribution in [0.2, 0.25) is 10.0 Å². The summed E-state index contributed by atoms with van der Waals surface area (Å²) in [6.07, 6.45) is -0.0552. The number of carbonyl (C=O) groups is 1. The van der Waals surface area contributed by atoms with Crippen molar-refractivity contribution in [2.45, 2.75) is 32.4 Å². The highest BCUT2D eigenvalue weighted by Gasteiger charge is 2.20. The number of nitrogens with two attached hydrogens (primary N) is 1. The second-order valence-electron chi connectivity index (χ2n) is 4.88. The molecule has 4 N–H and O–H groups in total. The van der Waals surface area contributed by atoms with Crippen molar-refractivity contribution in [2.75, 3.05) is 6.54 Å². The summed E-state index contributed by atoms with van der Waals surface area (Å²) >= 11 is 11.7. The minimum Gasteiger partial charge on any atom is -0.387 e. The van der Waals surface area contributed by atoms with E-state index in [0.717, 1.165) is 6.42 Å². The molecule has 1 amide bonds. The second-order valence-corrected chi connectivity index (χ2v) is 5.75. The number of hydrogen-bond donors (Lipinski definition) is 3. The van der Waals surface area contributed by atoms with Crippen molar-refractivity contribution >= 4 is 41.5 Å². The smallest absolute Gasteiger partial charge is 0.237 e. The van der Waals surface area contributed by atoms with Crippen molar-refractivity contribution in [2.24, 2.45) is 11.7 Å². The molecule has 0 aromatic heterocycles. The molecule has 3 unspecified atom stereocenters. The topological polar surface area (TPSA) is 75.4 Å². The lowest BCUT2D eigenvalue weighted by Crippen LogP contribution is -2.45. The van der Waals surface area contributed by atoms with Gasteiger partial charge >= 0.3 is 0 Å². The van der Waals surface area contributed by atoms with Gasteiger partial charge in [0.25, 0.3) is 0 Å². The summed E-state index contributed by atoms with van der Waals surface area (Å²) in [6, 6.07) is 4.23. The fraction of sp³-hybridized carbons (Fsp3) is 0.500. The Balaban J connectivity index is 0.00000400. The highest BCUT2D eigenvalue weighted by molar-refractivity contribution is 6.34. The van der Waals surface area contributed by atoms with Crippen molar-refractivity contribution in [1.29, 1.82) is 0 Å². The summed E-state index contributed by atoms with van der Waals surface area (Å²) in [4.78, 5) is 11.8. The third-order valence-corrected chi connectivity index (χ3v) is 3.74. The van der Waals surface area contributed by atoms with Crippen LogP contribution >= 0.6 is 35.6 Å². The Morgan fingerprint density at radius 3 is 2.33 bits per heavy atom. The molecule has 0 spiro atoms. The first-order chi connectivity index (χ1) is 9.35. The molecular weight excluding hydrogens is 335 g/mol. The molecule has 0 bridgehead atoms. The minimum atomic E-state index is -0.876. The molecule has 3 atom stereocenters. The molecule has 21 heavy (non-hydrogen) atoms. The predicted molar refractivity (Wildman–Crippen MR) is 89.1 cm³/mol. The maximum atomic E-state index is 11.8. The van der Waals surface area contributed by atoms with Gasteiger partial charge in [0.2, 0.25) is 5.91 Å². The SMILES string of the molecule is CCC(C)C(N)C(=O)NCC(O)c1cc(Cl)cc(Cl)c1.Cl. The number of aliphatic hydroxyl groups excluding tert-OH is 1. The van der Waals surface area contributed by atoms with Crippen molar-refractivity contribution in [3.05, 3.63) is 33.8 Å². The number of carbonyl (C=O) groups excluding carboxylic acids is 1. The zero-order chi connectivity index (χ0) is 15.3. The predicted octanol–water partition coefficient (Wildman–Crippen LogP) is 2.94. The Hall–Kier alpha value is -0.520. The first-order valence-corrected chi connectivity index (χ1v) is 7.28. The molecule has 1 rings (SSSR count). The van der Waals surface area contributed by atoms with E-state index in [0.29, 0.717) is 15.6 Å². The van der Waals surface area contributed by atoms with Gasteiger partial charge in [-0.25, -0.2) is 0 Å². The average Bonchev–Trinajstić information content (AvgIpc) is 2.41. The Morgan fingerprint density at radius 1 is 1.33 bits per heavy atom. The van der Waals surface area contributed by atoms with Crippen LogP contribution in [0.1, 0.15) is 31.9 Å². The van der Waals surface area contributed by atoms with Gasteiger partial charge in [-0.2, -0.15) is 0 Å². The molecule has 0 saturated carbocycles. The van der Waals surface area contributed by atoms with Gasteiger partial charge < -0.3 is 16.2 Å². The van der Waals surface area contributed by atoms with Crippen LogP contribution in [0.25, 0.3) is 0 Å². The van der Waals surface area contributed by atoms with Crippen LogP contribution in [0.3, 0.4) is 0 Å². The van der Waals surface area contributed by atoms with Crippen LogP contribution in [-0.4, -0.2) is 23.6 Å². The van der Waals surface area contributed by atoms with Crippen LogP contribution < -0.4 is 11.1 Å². The van der Waals surface area contributed by atoms with E-state index in [1.54, 1.807) is 18.2 Å². The van der Waals surface area contributed by atoms with E-state index in [9.17, 15) is 9.90 Å². The van der Waals surface area contributed by atoms with Crippen molar-refractivity contribution in [3.63, 3.8) is 0 Å². The van der Waals surface area contributed by atoms with Crippen molar-refractivity contribution < 1.29 is 9.90 Å². The monoisotopic (exact) mass is 354 g/mol. The van der Waals surface area contributed by atoms with Crippen LogP contribution in [0.5, 0.6) is 0 Å². The Morgan fingerprint density at radius 2 is 1.86 bits per heavy atom. The Labute approximate surface area is 141 Å². The summed E-state index contributed by atoms with van der Waals surface area (Å²) in [5.74, 6) is -0.181. The van der Waals surface area contributed by atoms with E-state index in [2.05, 4.69) is 5.32 Å². The normalized spacial score (nSPS) is 14.8. The molecule has 1 aromatic carbocycles. The Kier molecular flexibility index (Phi) is 9.25. The van der Waals surface area contributed by atoms with E-state index >= 15 is 0 Å². The molecule has 0 aliphatic heterocycles. The third-order valence-electron chi connectivity index (χ3n) is 3.30. The van der Waals surface area contributed by atoms with Crippen LogP contribution in [0, 0.1) is 5.92 Å². The quantitative estimate of drug-likeness (QED) is 0.734. The first kappa shape index (κ1) is 20.5. The number of rotatable bonds is 6. The zero-order valence-electron chi connectivity index (χ0n) is 12.0. The van der Waals surface area contributed by atoms with Gasteiger partial charge in [-0.15, -0.1) is 12.4 Å². The number of halogens is 3. The van der Waals surface area contributed by atoms with Crippen molar-refractivity contribution in [1.82, 2.24) is 5.32 Å². The maximum Gasteiger partial charge on any atom is 0.237 e. The van der Waals surface area contributed by atoms with Gasteiger partial charge in [-0.05, 0) is 29.7 Å². The zero-order valence-corrected chi connectivity index (χ0v) is 14.3. The number of aliphatic hydroxyl groups is 1. The summed E-state index contributed by atoms with van der Waals surface area (Å²) in [7, 11) is 0. The van der Waals surface area contributed by atoms with E-state index in [1.807, 2.05) is 13.8 Å². The molecule has 4 nitrogen and oxygen atoms in total. The lowest BCUT2D eigenvalue weighted by molar-refractivity contribution is -0.123. The Bertz CT molecular complexity index is 451. The fourth-order valence-corrected chi connectivity index (χ4v) is 2.26. The molecule has 0 saturated heterocycles. The fourth-order valence-electron chi connectivity index (χ4n) is 1.71. The lowest BCUT2D eigenvalue weighted by atomic mass is 9.99. The van der Waals surface area contributed by atoms with Crippen LogP contribution in [-0.2, 0) is 4.79 Å². The summed E-state index contributed by atoms with van der Waals surface area (Å²) in [5.41, 5.74) is 6.36. The molecule has 7 heteroatoms. The molecule has 0 aliphatic carbocycles. The molecule has 0 aliphatic rings. The van der Waals surface area contributed by atoms with E-state index in [4.69, 9.17) is 28.9 Å². The van der Waals surface area contributed by atoms with Gasteiger partial charge in [0, 0.05) is 16.6 Å². The molecule has 120 valence electrons. The second kappa shape index (κ2) is 9.49. The molecule has 1 aromatic rings. The molecular formula is C14H21Cl3N2O2. The standard InChI is InChI=1S/C14H20Cl2N2O2.ClH/c1-3-8(2)13(17)14(20)18-7-12(19)9-4-10(15)6-11(16)5-9;/h4-6,8,12-13,19H,3,7,17H2,1-2H3,(H,18,20);1H. The van der Waals surface area contributed by atoms with Gasteiger partial charge in [0.05, 0.1) is 12.1 Å². The summed E-state index contributed by atoms with van der Waals surface area (Å²) < 4.78 is 0. The van der Waals surface area contributed by atoms with Gasteiger partial charge in [0.1, 0.15) is 0 Å². The number of benzene rings is 1. The highest BCUT2D eigenvalue weighted by Crippen LogP contribution is 2.23.